The molecule has 0 radical (unpaired) electrons. The Balaban J connectivity index is 1.67. The number of nitrogens with zero attached hydrogens (tertiary/aromatic N) is 3. The molecule has 0 saturated carbocycles. The summed E-state index contributed by atoms with van der Waals surface area (Å²) < 4.78 is 5.45. The first kappa shape index (κ1) is 17.1. The molecule has 2 atom stereocenters. The Hall–Kier alpha value is -1.72. The summed E-state index contributed by atoms with van der Waals surface area (Å²) in [6, 6.07) is 8.75. The van der Waals surface area contributed by atoms with Gasteiger partial charge in [0.05, 0.1) is 12.6 Å². The second kappa shape index (κ2) is 7.45. The normalized spacial score (nSPS) is 20.0. The molecule has 0 bridgehead atoms. The molecule has 130 valence electrons. The number of aromatic nitrogens is 2. The van der Waals surface area contributed by atoms with Crippen LogP contribution >= 0.6 is 0 Å². The lowest BCUT2D eigenvalue weighted by Crippen LogP contribution is -2.31. The van der Waals surface area contributed by atoms with E-state index in [1.54, 1.807) is 0 Å². The van der Waals surface area contributed by atoms with Crippen molar-refractivity contribution in [2.24, 2.45) is 0 Å². The minimum Gasteiger partial charge on any atom is -0.393 e. The zero-order chi connectivity index (χ0) is 17.1. The molecule has 1 aliphatic heterocycles. The SMILES string of the molecule is CC(O)CC1CCCN1Cc1nc(-c2ccc(C(C)C)cc2)no1. The van der Waals surface area contributed by atoms with Gasteiger partial charge in [0.1, 0.15) is 0 Å². The smallest absolute Gasteiger partial charge is 0.241 e. The first-order valence-corrected chi connectivity index (χ1v) is 8.88. The van der Waals surface area contributed by atoms with Gasteiger partial charge in [-0.3, -0.25) is 4.90 Å². The van der Waals surface area contributed by atoms with E-state index in [4.69, 9.17) is 4.52 Å². The Morgan fingerprint density at radius 2 is 2.00 bits per heavy atom. The number of rotatable bonds is 6. The summed E-state index contributed by atoms with van der Waals surface area (Å²) in [5, 5.41) is 13.8. The molecule has 5 nitrogen and oxygen atoms in total. The van der Waals surface area contributed by atoms with Gasteiger partial charge in [0.15, 0.2) is 0 Å². The van der Waals surface area contributed by atoms with E-state index in [0.29, 0.717) is 30.2 Å². The van der Waals surface area contributed by atoms with Crippen molar-refractivity contribution in [1.82, 2.24) is 15.0 Å². The lowest BCUT2D eigenvalue weighted by molar-refractivity contribution is 0.124. The highest BCUT2D eigenvalue weighted by Crippen LogP contribution is 2.25. The summed E-state index contributed by atoms with van der Waals surface area (Å²) in [6.45, 7) is 7.90. The van der Waals surface area contributed by atoms with Crippen molar-refractivity contribution in [3.05, 3.63) is 35.7 Å². The number of aliphatic hydroxyl groups is 1. The third-order valence-corrected chi connectivity index (χ3v) is 4.75. The average Bonchev–Trinajstić information content (AvgIpc) is 3.17. The van der Waals surface area contributed by atoms with Gasteiger partial charge in [-0.25, -0.2) is 0 Å². The predicted molar refractivity (Wildman–Crippen MR) is 93.6 cm³/mol. The molecular formula is C19H27N3O2. The fourth-order valence-corrected chi connectivity index (χ4v) is 3.39. The number of aliphatic hydroxyl groups excluding tert-OH is 1. The van der Waals surface area contributed by atoms with E-state index in [2.05, 4.69) is 53.2 Å². The van der Waals surface area contributed by atoms with Crippen LogP contribution < -0.4 is 0 Å². The molecule has 24 heavy (non-hydrogen) atoms. The highest BCUT2D eigenvalue weighted by molar-refractivity contribution is 5.54. The van der Waals surface area contributed by atoms with Gasteiger partial charge in [0.25, 0.3) is 0 Å². The van der Waals surface area contributed by atoms with Crippen molar-refractivity contribution in [3.63, 3.8) is 0 Å². The van der Waals surface area contributed by atoms with E-state index in [0.717, 1.165) is 31.4 Å². The quantitative estimate of drug-likeness (QED) is 0.877. The molecule has 1 aromatic carbocycles. The fourth-order valence-electron chi connectivity index (χ4n) is 3.39. The summed E-state index contributed by atoms with van der Waals surface area (Å²) in [5.41, 5.74) is 2.29. The molecule has 1 aliphatic rings. The maximum atomic E-state index is 9.63. The fraction of sp³-hybridized carbons (Fsp3) is 0.579. The monoisotopic (exact) mass is 329 g/mol. The third kappa shape index (κ3) is 4.02. The van der Waals surface area contributed by atoms with Gasteiger partial charge in [-0.05, 0) is 44.2 Å². The molecule has 0 aliphatic carbocycles. The van der Waals surface area contributed by atoms with Crippen molar-refractivity contribution >= 4 is 0 Å². The Morgan fingerprint density at radius 1 is 1.25 bits per heavy atom. The lowest BCUT2D eigenvalue weighted by Gasteiger charge is -2.23. The van der Waals surface area contributed by atoms with E-state index in [-0.39, 0.29) is 6.10 Å². The first-order chi connectivity index (χ1) is 11.5. The van der Waals surface area contributed by atoms with Crippen LogP contribution in [-0.2, 0) is 6.54 Å². The summed E-state index contributed by atoms with van der Waals surface area (Å²) in [6.07, 6.45) is 2.82. The van der Waals surface area contributed by atoms with Crippen LogP contribution in [0.2, 0.25) is 0 Å². The van der Waals surface area contributed by atoms with Crippen molar-refractivity contribution in [2.75, 3.05) is 6.54 Å². The van der Waals surface area contributed by atoms with Gasteiger partial charge in [0.2, 0.25) is 11.7 Å². The molecule has 1 fully saturated rings. The van der Waals surface area contributed by atoms with Gasteiger partial charge in [-0.1, -0.05) is 43.3 Å². The van der Waals surface area contributed by atoms with E-state index >= 15 is 0 Å². The highest BCUT2D eigenvalue weighted by atomic mass is 16.5. The van der Waals surface area contributed by atoms with Gasteiger partial charge >= 0.3 is 0 Å². The maximum Gasteiger partial charge on any atom is 0.241 e. The van der Waals surface area contributed by atoms with Crippen molar-refractivity contribution in [2.45, 2.75) is 64.6 Å². The van der Waals surface area contributed by atoms with E-state index in [1.165, 1.54) is 5.56 Å². The molecule has 5 heteroatoms. The Kier molecular flexibility index (Phi) is 5.31. The molecular weight excluding hydrogens is 302 g/mol. The predicted octanol–water partition coefficient (Wildman–Crippen LogP) is 3.60. The lowest BCUT2D eigenvalue weighted by atomic mass is 10.0. The second-order valence-electron chi connectivity index (χ2n) is 7.14. The second-order valence-corrected chi connectivity index (χ2v) is 7.14. The number of hydrogen-bond donors (Lipinski definition) is 1. The molecule has 1 N–H and O–H groups in total. The largest absolute Gasteiger partial charge is 0.393 e. The van der Waals surface area contributed by atoms with Gasteiger partial charge in [-0.15, -0.1) is 0 Å². The van der Waals surface area contributed by atoms with Gasteiger partial charge < -0.3 is 9.63 Å². The van der Waals surface area contributed by atoms with Crippen LogP contribution in [-0.4, -0.2) is 38.8 Å². The summed E-state index contributed by atoms with van der Waals surface area (Å²) in [7, 11) is 0. The molecule has 0 amide bonds. The van der Waals surface area contributed by atoms with E-state index in [9.17, 15) is 5.11 Å². The number of hydrogen-bond acceptors (Lipinski definition) is 5. The summed E-state index contributed by atoms with van der Waals surface area (Å²) in [5.74, 6) is 1.81. The molecule has 2 unspecified atom stereocenters. The molecule has 2 aromatic rings. The number of likely N-dealkylation sites (tertiary alicyclic amines) is 1. The molecule has 2 heterocycles. The number of benzene rings is 1. The van der Waals surface area contributed by atoms with Crippen LogP contribution in [0.3, 0.4) is 0 Å². The Labute approximate surface area is 143 Å². The van der Waals surface area contributed by atoms with Crippen molar-refractivity contribution < 1.29 is 9.63 Å². The minimum atomic E-state index is -0.270. The highest BCUT2D eigenvalue weighted by Gasteiger charge is 2.27. The van der Waals surface area contributed by atoms with E-state index < -0.39 is 0 Å². The van der Waals surface area contributed by atoms with Crippen LogP contribution in [0.5, 0.6) is 0 Å². The summed E-state index contributed by atoms with van der Waals surface area (Å²) >= 11 is 0. The van der Waals surface area contributed by atoms with Crippen molar-refractivity contribution in [3.8, 4) is 11.4 Å². The van der Waals surface area contributed by atoms with Gasteiger partial charge in [0, 0.05) is 11.6 Å². The van der Waals surface area contributed by atoms with Crippen LogP contribution in [0.1, 0.15) is 57.4 Å². The average molecular weight is 329 g/mol. The summed E-state index contributed by atoms with van der Waals surface area (Å²) in [4.78, 5) is 6.89. The van der Waals surface area contributed by atoms with Gasteiger partial charge in [-0.2, -0.15) is 4.98 Å². The van der Waals surface area contributed by atoms with Crippen LogP contribution in [0.25, 0.3) is 11.4 Å². The van der Waals surface area contributed by atoms with Crippen LogP contribution in [0.15, 0.2) is 28.8 Å². The van der Waals surface area contributed by atoms with Crippen LogP contribution in [0, 0.1) is 0 Å². The van der Waals surface area contributed by atoms with Crippen molar-refractivity contribution in [1.29, 1.82) is 0 Å². The Morgan fingerprint density at radius 3 is 2.67 bits per heavy atom. The zero-order valence-electron chi connectivity index (χ0n) is 14.8. The standard InChI is InChI=1S/C19H27N3O2/c1-13(2)15-6-8-16(9-7-15)19-20-18(24-21-19)12-22-10-4-5-17(22)11-14(3)23/h6-9,13-14,17,23H,4-5,10-12H2,1-3H3. The zero-order valence-corrected chi connectivity index (χ0v) is 14.8. The van der Waals surface area contributed by atoms with E-state index in [1.807, 2.05) is 6.92 Å². The molecule has 0 spiro atoms. The molecule has 1 aromatic heterocycles. The topological polar surface area (TPSA) is 62.4 Å². The minimum absolute atomic E-state index is 0.270. The molecule has 1 saturated heterocycles. The van der Waals surface area contributed by atoms with Crippen LogP contribution in [0.4, 0.5) is 0 Å². The Bertz CT molecular complexity index is 649. The third-order valence-electron chi connectivity index (χ3n) is 4.75. The maximum absolute atomic E-state index is 9.63. The first-order valence-electron chi connectivity index (χ1n) is 8.88. The molecule has 3 rings (SSSR count).